The predicted octanol–water partition coefficient (Wildman–Crippen LogP) is 0.983. The van der Waals surface area contributed by atoms with Crippen LogP contribution in [-0.2, 0) is 4.79 Å². The molecule has 0 aromatic carbocycles. The van der Waals surface area contributed by atoms with Crippen molar-refractivity contribution in [2.24, 2.45) is 11.7 Å². The SMILES string of the molecule is CC(C)(N)CNC(=O)C1CCCSC1. The van der Waals surface area contributed by atoms with Gasteiger partial charge in [0.2, 0.25) is 5.91 Å². The molecular formula is C10H20N2OS. The van der Waals surface area contributed by atoms with E-state index in [0.717, 1.165) is 18.6 Å². The third-order valence-corrected chi connectivity index (χ3v) is 3.46. The Kier molecular flexibility index (Phi) is 4.26. The number of rotatable bonds is 3. The Morgan fingerprint density at radius 3 is 2.86 bits per heavy atom. The van der Waals surface area contributed by atoms with Gasteiger partial charge in [0.25, 0.3) is 0 Å². The number of hydrogen-bond acceptors (Lipinski definition) is 3. The average Bonchev–Trinajstić information content (AvgIpc) is 2.14. The van der Waals surface area contributed by atoms with Crippen LogP contribution in [0.15, 0.2) is 0 Å². The minimum absolute atomic E-state index is 0.177. The standard InChI is InChI=1S/C10H20N2OS/c1-10(2,11)7-12-9(13)8-4-3-5-14-6-8/h8H,3-7,11H2,1-2H3,(H,12,13). The molecule has 1 heterocycles. The van der Waals surface area contributed by atoms with Crippen molar-refractivity contribution in [3.8, 4) is 0 Å². The highest BCUT2D eigenvalue weighted by Gasteiger charge is 2.22. The summed E-state index contributed by atoms with van der Waals surface area (Å²) in [7, 11) is 0. The van der Waals surface area contributed by atoms with Gasteiger partial charge in [0, 0.05) is 23.8 Å². The van der Waals surface area contributed by atoms with Crippen molar-refractivity contribution in [1.29, 1.82) is 0 Å². The second-order valence-electron chi connectivity index (χ2n) is 4.62. The second-order valence-corrected chi connectivity index (χ2v) is 5.77. The largest absolute Gasteiger partial charge is 0.354 e. The number of amides is 1. The molecule has 0 spiro atoms. The summed E-state index contributed by atoms with van der Waals surface area (Å²) in [6.45, 7) is 4.40. The van der Waals surface area contributed by atoms with Gasteiger partial charge in [-0.05, 0) is 32.4 Å². The predicted molar refractivity (Wildman–Crippen MR) is 61.3 cm³/mol. The van der Waals surface area contributed by atoms with Gasteiger partial charge in [0.1, 0.15) is 0 Å². The first kappa shape index (κ1) is 11.9. The van der Waals surface area contributed by atoms with E-state index in [1.165, 1.54) is 5.75 Å². The number of thioether (sulfide) groups is 1. The van der Waals surface area contributed by atoms with E-state index in [1.807, 2.05) is 25.6 Å². The Morgan fingerprint density at radius 2 is 2.36 bits per heavy atom. The normalized spacial score (nSPS) is 23.2. The van der Waals surface area contributed by atoms with Crippen LogP contribution in [0.4, 0.5) is 0 Å². The summed E-state index contributed by atoms with van der Waals surface area (Å²) >= 11 is 1.87. The Labute approximate surface area is 90.2 Å². The van der Waals surface area contributed by atoms with E-state index in [2.05, 4.69) is 5.32 Å². The number of carbonyl (C=O) groups is 1. The van der Waals surface area contributed by atoms with Crippen molar-refractivity contribution >= 4 is 17.7 Å². The molecule has 1 aliphatic heterocycles. The molecule has 1 unspecified atom stereocenters. The monoisotopic (exact) mass is 216 g/mol. The zero-order valence-electron chi connectivity index (χ0n) is 9.01. The molecule has 14 heavy (non-hydrogen) atoms. The van der Waals surface area contributed by atoms with Gasteiger partial charge in [-0.3, -0.25) is 4.79 Å². The molecule has 0 bridgehead atoms. The molecule has 4 heteroatoms. The van der Waals surface area contributed by atoms with E-state index < -0.39 is 0 Å². The number of carbonyl (C=O) groups excluding carboxylic acids is 1. The van der Waals surface area contributed by atoms with Crippen LogP contribution in [0.3, 0.4) is 0 Å². The lowest BCUT2D eigenvalue weighted by molar-refractivity contribution is -0.124. The van der Waals surface area contributed by atoms with E-state index in [4.69, 9.17) is 5.73 Å². The summed E-state index contributed by atoms with van der Waals surface area (Å²) in [5.41, 5.74) is 5.49. The molecule has 0 radical (unpaired) electrons. The molecule has 3 nitrogen and oxygen atoms in total. The number of hydrogen-bond donors (Lipinski definition) is 2. The number of nitrogens with one attached hydrogen (secondary N) is 1. The fourth-order valence-electron chi connectivity index (χ4n) is 1.41. The van der Waals surface area contributed by atoms with Gasteiger partial charge < -0.3 is 11.1 Å². The molecule has 3 N–H and O–H groups in total. The molecule has 1 aliphatic rings. The van der Waals surface area contributed by atoms with E-state index in [9.17, 15) is 4.79 Å². The number of nitrogens with two attached hydrogens (primary N) is 1. The third kappa shape index (κ3) is 4.33. The first-order chi connectivity index (χ1) is 6.49. The molecule has 1 atom stereocenters. The quantitative estimate of drug-likeness (QED) is 0.739. The van der Waals surface area contributed by atoms with E-state index in [-0.39, 0.29) is 17.4 Å². The van der Waals surface area contributed by atoms with Gasteiger partial charge in [0.05, 0.1) is 0 Å². The molecule has 1 saturated heterocycles. The van der Waals surface area contributed by atoms with Crippen LogP contribution in [0, 0.1) is 5.92 Å². The van der Waals surface area contributed by atoms with Crippen LogP contribution in [0.2, 0.25) is 0 Å². The summed E-state index contributed by atoms with van der Waals surface area (Å²) in [6.07, 6.45) is 2.19. The summed E-state index contributed by atoms with van der Waals surface area (Å²) in [6, 6.07) is 0. The van der Waals surface area contributed by atoms with E-state index in [1.54, 1.807) is 0 Å². The average molecular weight is 216 g/mol. The van der Waals surface area contributed by atoms with E-state index in [0.29, 0.717) is 6.54 Å². The van der Waals surface area contributed by atoms with E-state index >= 15 is 0 Å². The van der Waals surface area contributed by atoms with Crippen LogP contribution in [0.5, 0.6) is 0 Å². The molecular weight excluding hydrogens is 196 g/mol. The topological polar surface area (TPSA) is 55.1 Å². The first-order valence-electron chi connectivity index (χ1n) is 5.13. The molecule has 0 aromatic heterocycles. The zero-order valence-corrected chi connectivity index (χ0v) is 9.82. The van der Waals surface area contributed by atoms with Crippen molar-refractivity contribution in [3.05, 3.63) is 0 Å². The minimum Gasteiger partial charge on any atom is -0.354 e. The van der Waals surface area contributed by atoms with Crippen LogP contribution >= 0.6 is 11.8 Å². The minimum atomic E-state index is -0.308. The van der Waals surface area contributed by atoms with Crippen molar-refractivity contribution in [2.45, 2.75) is 32.2 Å². The lowest BCUT2D eigenvalue weighted by Gasteiger charge is -2.24. The van der Waals surface area contributed by atoms with Crippen LogP contribution < -0.4 is 11.1 Å². The second kappa shape index (κ2) is 5.03. The summed E-state index contributed by atoms with van der Waals surface area (Å²) in [5, 5.41) is 2.92. The molecule has 1 fully saturated rings. The Bertz CT molecular complexity index is 195. The van der Waals surface area contributed by atoms with Crippen molar-refractivity contribution < 1.29 is 4.79 Å². The summed E-state index contributed by atoms with van der Waals surface area (Å²) in [5.74, 6) is 2.55. The van der Waals surface area contributed by atoms with Crippen LogP contribution in [-0.4, -0.2) is 29.5 Å². The van der Waals surface area contributed by atoms with Crippen LogP contribution in [0.25, 0.3) is 0 Å². The van der Waals surface area contributed by atoms with Crippen molar-refractivity contribution in [2.75, 3.05) is 18.1 Å². The Balaban J connectivity index is 2.27. The maximum absolute atomic E-state index is 11.7. The Hall–Kier alpha value is -0.220. The van der Waals surface area contributed by atoms with Crippen molar-refractivity contribution in [3.63, 3.8) is 0 Å². The molecule has 0 aliphatic carbocycles. The van der Waals surface area contributed by atoms with Crippen molar-refractivity contribution in [1.82, 2.24) is 5.32 Å². The molecule has 82 valence electrons. The Morgan fingerprint density at radius 1 is 1.64 bits per heavy atom. The molecule has 1 amide bonds. The highest BCUT2D eigenvalue weighted by Crippen LogP contribution is 2.22. The fraction of sp³-hybridized carbons (Fsp3) is 0.900. The first-order valence-corrected chi connectivity index (χ1v) is 6.29. The summed E-state index contributed by atoms with van der Waals surface area (Å²) in [4.78, 5) is 11.7. The van der Waals surface area contributed by atoms with Gasteiger partial charge in [0.15, 0.2) is 0 Å². The molecule has 1 rings (SSSR count). The third-order valence-electron chi connectivity index (χ3n) is 2.25. The lowest BCUT2D eigenvalue weighted by Crippen LogP contribution is -2.47. The summed E-state index contributed by atoms with van der Waals surface area (Å²) < 4.78 is 0. The van der Waals surface area contributed by atoms with Gasteiger partial charge in [-0.25, -0.2) is 0 Å². The van der Waals surface area contributed by atoms with Gasteiger partial charge in [-0.15, -0.1) is 0 Å². The highest BCUT2D eigenvalue weighted by atomic mass is 32.2. The highest BCUT2D eigenvalue weighted by molar-refractivity contribution is 7.99. The molecule has 0 saturated carbocycles. The fourth-order valence-corrected chi connectivity index (χ4v) is 2.55. The zero-order chi connectivity index (χ0) is 10.6. The maximum atomic E-state index is 11.7. The van der Waals surface area contributed by atoms with Gasteiger partial charge >= 0.3 is 0 Å². The van der Waals surface area contributed by atoms with Gasteiger partial charge in [-0.2, -0.15) is 11.8 Å². The lowest BCUT2D eigenvalue weighted by atomic mass is 10.0. The maximum Gasteiger partial charge on any atom is 0.224 e. The smallest absolute Gasteiger partial charge is 0.224 e. The van der Waals surface area contributed by atoms with Gasteiger partial charge in [-0.1, -0.05) is 0 Å². The van der Waals surface area contributed by atoms with Crippen LogP contribution in [0.1, 0.15) is 26.7 Å². The molecule has 0 aromatic rings.